The maximum Gasteiger partial charge on any atom is 0.241 e. The zero-order valence-corrected chi connectivity index (χ0v) is 10.5. The predicted molar refractivity (Wildman–Crippen MR) is 65.6 cm³/mol. The number of rotatable bonds is 3. The zero-order valence-electron chi connectivity index (χ0n) is 10.5. The van der Waals surface area contributed by atoms with Gasteiger partial charge < -0.3 is 9.63 Å². The molecule has 1 saturated heterocycles. The number of aliphatic hydroxyl groups is 1. The lowest BCUT2D eigenvalue weighted by Gasteiger charge is -2.43. The first-order valence-corrected chi connectivity index (χ1v) is 6.05. The molecule has 0 aliphatic carbocycles. The van der Waals surface area contributed by atoms with Crippen LogP contribution in [0.15, 0.2) is 28.8 Å². The van der Waals surface area contributed by atoms with E-state index < -0.39 is 5.60 Å². The molecule has 3 rings (SSSR count). The Morgan fingerprint density at radius 3 is 2.68 bits per heavy atom. The fourth-order valence-electron chi connectivity index (χ4n) is 2.26. The van der Waals surface area contributed by atoms with E-state index in [0.29, 0.717) is 36.9 Å². The van der Waals surface area contributed by atoms with Crippen molar-refractivity contribution in [2.24, 2.45) is 0 Å². The molecule has 0 atom stereocenters. The van der Waals surface area contributed by atoms with Gasteiger partial charge in [0, 0.05) is 18.7 Å². The summed E-state index contributed by atoms with van der Waals surface area (Å²) in [5.74, 6) is 0.646. The lowest BCUT2D eigenvalue weighted by Crippen LogP contribution is -2.59. The van der Waals surface area contributed by atoms with Gasteiger partial charge in [0.1, 0.15) is 5.82 Å². The van der Waals surface area contributed by atoms with Crippen LogP contribution in [0.4, 0.5) is 4.39 Å². The first-order valence-electron chi connectivity index (χ1n) is 6.05. The summed E-state index contributed by atoms with van der Waals surface area (Å²) < 4.78 is 18.0. The third-order valence-corrected chi connectivity index (χ3v) is 3.06. The standard InChI is InChI=1S/C13H14FN3O2/c1-13(18)7-17(8-13)6-11-15-12(16-19-11)9-2-4-10(14)5-3-9/h2-5,18H,6-8H2,1H3. The Hall–Kier alpha value is -1.79. The number of aromatic nitrogens is 2. The third kappa shape index (κ3) is 2.64. The molecule has 0 amide bonds. The van der Waals surface area contributed by atoms with E-state index in [1.807, 2.05) is 4.90 Å². The Morgan fingerprint density at radius 2 is 2.05 bits per heavy atom. The summed E-state index contributed by atoms with van der Waals surface area (Å²) in [5.41, 5.74) is 0.104. The van der Waals surface area contributed by atoms with E-state index in [0.717, 1.165) is 0 Å². The molecule has 2 aromatic rings. The van der Waals surface area contributed by atoms with E-state index >= 15 is 0 Å². The summed E-state index contributed by atoms with van der Waals surface area (Å²) in [6, 6.07) is 5.94. The Kier molecular flexibility index (Phi) is 2.83. The smallest absolute Gasteiger partial charge is 0.241 e. The van der Waals surface area contributed by atoms with Crippen molar-refractivity contribution >= 4 is 0 Å². The van der Waals surface area contributed by atoms with Crippen molar-refractivity contribution in [1.82, 2.24) is 15.0 Å². The van der Waals surface area contributed by atoms with Gasteiger partial charge in [-0.15, -0.1) is 0 Å². The van der Waals surface area contributed by atoms with Gasteiger partial charge in [0.05, 0.1) is 12.1 Å². The SMILES string of the molecule is CC1(O)CN(Cc2nc(-c3ccc(F)cc3)no2)C1. The van der Waals surface area contributed by atoms with Crippen molar-refractivity contribution in [2.75, 3.05) is 13.1 Å². The molecule has 19 heavy (non-hydrogen) atoms. The normalized spacial score (nSPS) is 18.3. The van der Waals surface area contributed by atoms with E-state index in [-0.39, 0.29) is 5.82 Å². The molecule has 1 aliphatic heterocycles. The molecule has 1 aromatic carbocycles. The number of benzene rings is 1. The minimum Gasteiger partial charge on any atom is -0.388 e. The molecule has 2 heterocycles. The van der Waals surface area contributed by atoms with Gasteiger partial charge in [-0.2, -0.15) is 4.98 Å². The number of hydrogen-bond donors (Lipinski definition) is 1. The van der Waals surface area contributed by atoms with Crippen LogP contribution in [-0.4, -0.2) is 38.8 Å². The van der Waals surface area contributed by atoms with Crippen molar-refractivity contribution in [3.63, 3.8) is 0 Å². The first-order chi connectivity index (χ1) is 9.02. The molecule has 6 heteroatoms. The first kappa shape index (κ1) is 12.3. The molecule has 1 N–H and O–H groups in total. The molecule has 1 fully saturated rings. The van der Waals surface area contributed by atoms with Crippen LogP contribution in [0.2, 0.25) is 0 Å². The largest absolute Gasteiger partial charge is 0.388 e. The molecule has 100 valence electrons. The summed E-state index contributed by atoms with van der Waals surface area (Å²) in [6.45, 7) is 3.51. The summed E-state index contributed by atoms with van der Waals surface area (Å²) in [4.78, 5) is 6.27. The van der Waals surface area contributed by atoms with Crippen LogP contribution < -0.4 is 0 Å². The van der Waals surface area contributed by atoms with Gasteiger partial charge in [-0.1, -0.05) is 5.16 Å². The van der Waals surface area contributed by atoms with Crippen LogP contribution in [0, 0.1) is 5.82 Å². The summed E-state index contributed by atoms with van der Waals surface area (Å²) in [7, 11) is 0. The summed E-state index contributed by atoms with van der Waals surface area (Å²) in [6.07, 6.45) is 0. The van der Waals surface area contributed by atoms with Gasteiger partial charge in [-0.25, -0.2) is 4.39 Å². The Bertz CT molecular complexity index is 572. The van der Waals surface area contributed by atoms with Gasteiger partial charge >= 0.3 is 0 Å². The quantitative estimate of drug-likeness (QED) is 0.908. The molecular formula is C13H14FN3O2. The van der Waals surface area contributed by atoms with Crippen molar-refractivity contribution in [3.8, 4) is 11.4 Å². The second-order valence-corrected chi connectivity index (χ2v) is 5.16. The average Bonchev–Trinajstić information content (AvgIpc) is 2.76. The number of hydrogen-bond acceptors (Lipinski definition) is 5. The third-order valence-electron chi connectivity index (χ3n) is 3.06. The van der Waals surface area contributed by atoms with E-state index in [1.165, 1.54) is 12.1 Å². The second-order valence-electron chi connectivity index (χ2n) is 5.16. The number of nitrogens with zero attached hydrogens (tertiary/aromatic N) is 3. The molecular weight excluding hydrogens is 249 g/mol. The lowest BCUT2D eigenvalue weighted by molar-refractivity contribution is -0.0901. The zero-order chi connectivity index (χ0) is 13.5. The highest BCUT2D eigenvalue weighted by Crippen LogP contribution is 2.22. The van der Waals surface area contributed by atoms with Gasteiger partial charge in [0.2, 0.25) is 11.7 Å². The van der Waals surface area contributed by atoms with Gasteiger partial charge in [-0.05, 0) is 31.2 Å². The van der Waals surface area contributed by atoms with Gasteiger partial charge in [0.25, 0.3) is 0 Å². The van der Waals surface area contributed by atoms with Crippen LogP contribution in [0.5, 0.6) is 0 Å². The number of likely N-dealkylation sites (tertiary alicyclic amines) is 1. The molecule has 0 saturated carbocycles. The molecule has 0 spiro atoms. The van der Waals surface area contributed by atoms with Crippen LogP contribution in [-0.2, 0) is 6.54 Å². The molecule has 0 radical (unpaired) electrons. The second kappa shape index (κ2) is 4.40. The Balaban J connectivity index is 1.68. The van der Waals surface area contributed by atoms with E-state index in [2.05, 4.69) is 10.1 Å². The number of β-amino-alcohol motifs (C(OH)–C–C–N with tert-alkyl or cyclic N) is 1. The lowest BCUT2D eigenvalue weighted by atomic mass is 9.97. The molecule has 1 aromatic heterocycles. The monoisotopic (exact) mass is 263 g/mol. The highest BCUT2D eigenvalue weighted by molar-refractivity contribution is 5.53. The highest BCUT2D eigenvalue weighted by Gasteiger charge is 2.37. The van der Waals surface area contributed by atoms with Crippen molar-refractivity contribution in [2.45, 2.75) is 19.1 Å². The molecule has 1 aliphatic rings. The minimum absolute atomic E-state index is 0.296. The molecule has 0 bridgehead atoms. The highest BCUT2D eigenvalue weighted by atomic mass is 19.1. The predicted octanol–water partition coefficient (Wildman–Crippen LogP) is 1.44. The van der Waals surface area contributed by atoms with Crippen LogP contribution in [0.1, 0.15) is 12.8 Å². The van der Waals surface area contributed by atoms with Crippen LogP contribution in [0.25, 0.3) is 11.4 Å². The maximum absolute atomic E-state index is 12.8. The topological polar surface area (TPSA) is 62.4 Å². The number of halogens is 1. The van der Waals surface area contributed by atoms with Crippen molar-refractivity contribution < 1.29 is 14.0 Å². The van der Waals surface area contributed by atoms with E-state index in [1.54, 1.807) is 19.1 Å². The maximum atomic E-state index is 12.8. The van der Waals surface area contributed by atoms with E-state index in [9.17, 15) is 9.50 Å². The fraction of sp³-hybridized carbons (Fsp3) is 0.385. The summed E-state index contributed by atoms with van der Waals surface area (Å²) in [5, 5.41) is 13.5. The minimum atomic E-state index is -0.611. The van der Waals surface area contributed by atoms with Crippen LogP contribution in [0.3, 0.4) is 0 Å². The fourth-order valence-corrected chi connectivity index (χ4v) is 2.26. The van der Waals surface area contributed by atoms with Crippen molar-refractivity contribution in [3.05, 3.63) is 36.0 Å². The van der Waals surface area contributed by atoms with Gasteiger partial charge in [-0.3, -0.25) is 4.90 Å². The van der Waals surface area contributed by atoms with E-state index in [4.69, 9.17) is 4.52 Å². The Morgan fingerprint density at radius 1 is 1.37 bits per heavy atom. The Labute approximate surface area is 109 Å². The average molecular weight is 263 g/mol. The summed E-state index contributed by atoms with van der Waals surface area (Å²) >= 11 is 0. The van der Waals surface area contributed by atoms with Gasteiger partial charge in [0.15, 0.2) is 0 Å². The molecule has 0 unspecified atom stereocenters. The van der Waals surface area contributed by atoms with Crippen LogP contribution >= 0.6 is 0 Å². The van der Waals surface area contributed by atoms with Crippen molar-refractivity contribution in [1.29, 1.82) is 0 Å². The molecule has 5 nitrogen and oxygen atoms in total.